The molecule has 1 atom stereocenters. The second kappa shape index (κ2) is 4.19. The van der Waals surface area contributed by atoms with Gasteiger partial charge in [0.15, 0.2) is 5.54 Å². The van der Waals surface area contributed by atoms with Crippen molar-refractivity contribution in [2.24, 2.45) is 10.2 Å². The van der Waals surface area contributed by atoms with Crippen LogP contribution in [-0.2, 0) is 4.79 Å². The number of carboxylic acid groups (broad SMARTS) is 1. The van der Waals surface area contributed by atoms with Crippen LogP contribution in [0.5, 0.6) is 0 Å². The minimum Gasteiger partial charge on any atom is -0.480 e. The monoisotopic (exact) mass is 206 g/mol. The molecular weight excluding hydrogens is 200 g/mol. The van der Waals surface area contributed by atoms with E-state index < -0.39 is 11.5 Å². The number of carboxylic acids is 1. The number of allylic oxidation sites excluding steroid dienone is 2. The number of carbonyl (C=O) groups is 1. The molecule has 0 fully saturated rings. The van der Waals surface area contributed by atoms with E-state index in [9.17, 15) is 4.79 Å². The Morgan fingerprint density at radius 3 is 2.80 bits per heavy atom. The molecule has 0 heterocycles. The Labute approximate surface area is 83.8 Å². The van der Waals surface area contributed by atoms with Gasteiger partial charge in [-0.2, -0.15) is 0 Å². The molecule has 0 aromatic carbocycles. The first-order valence-electron chi connectivity index (χ1n) is 3.88. The summed E-state index contributed by atoms with van der Waals surface area (Å²) >= 11 is 0. The van der Waals surface area contributed by atoms with Crippen molar-refractivity contribution in [3.05, 3.63) is 44.8 Å². The maximum atomic E-state index is 10.9. The molecule has 1 unspecified atom stereocenters. The molecule has 0 aliphatic heterocycles. The molecule has 0 aromatic heterocycles. The van der Waals surface area contributed by atoms with E-state index in [-0.39, 0.29) is 12.1 Å². The van der Waals surface area contributed by atoms with Crippen molar-refractivity contribution < 1.29 is 9.90 Å². The average molecular weight is 206 g/mol. The van der Waals surface area contributed by atoms with Gasteiger partial charge in [0.1, 0.15) is 0 Å². The molecule has 0 radical (unpaired) electrons. The van der Waals surface area contributed by atoms with Crippen LogP contribution < -0.4 is 0 Å². The summed E-state index contributed by atoms with van der Waals surface area (Å²) in [5, 5.41) is 15.4. The second-order valence-electron chi connectivity index (χ2n) is 2.80. The molecule has 1 aliphatic carbocycles. The average Bonchev–Trinajstić information content (AvgIpc) is 2.19. The maximum absolute atomic E-state index is 10.9. The van der Waals surface area contributed by atoms with Crippen molar-refractivity contribution in [1.82, 2.24) is 0 Å². The molecule has 0 aromatic rings. The number of rotatable bonds is 3. The first-order chi connectivity index (χ1) is 7.14. The zero-order valence-electron chi connectivity index (χ0n) is 7.48. The molecule has 1 N–H and O–H groups in total. The van der Waals surface area contributed by atoms with Crippen molar-refractivity contribution in [3.63, 3.8) is 0 Å². The van der Waals surface area contributed by atoms with Gasteiger partial charge in [-0.3, -0.25) is 4.79 Å². The largest absolute Gasteiger partial charge is 0.480 e. The third-order valence-electron chi connectivity index (χ3n) is 1.88. The zero-order valence-corrected chi connectivity index (χ0v) is 7.48. The quantitative estimate of drug-likeness (QED) is 0.430. The van der Waals surface area contributed by atoms with Crippen LogP contribution in [0.25, 0.3) is 20.9 Å². The predicted octanol–water partition coefficient (Wildman–Crippen LogP) is 2.27. The van der Waals surface area contributed by atoms with Gasteiger partial charge in [-0.05, 0) is 11.1 Å². The van der Waals surface area contributed by atoms with Crippen molar-refractivity contribution in [2.45, 2.75) is 12.0 Å². The van der Waals surface area contributed by atoms with E-state index >= 15 is 0 Å². The fraction of sp³-hybridized carbons (Fsp3) is 0.286. The summed E-state index contributed by atoms with van der Waals surface area (Å²) in [7, 11) is 0. The van der Waals surface area contributed by atoms with E-state index in [0.717, 1.165) is 0 Å². The van der Waals surface area contributed by atoms with Crippen molar-refractivity contribution in [3.8, 4) is 0 Å². The van der Waals surface area contributed by atoms with Crippen LogP contribution in [0.1, 0.15) is 6.42 Å². The van der Waals surface area contributed by atoms with Crippen molar-refractivity contribution in [2.75, 3.05) is 0 Å². The van der Waals surface area contributed by atoms with Crippen molar-refractivity contribution >= 4 is 5.97 Å². The summed E-state index contributed by atoms with van der Waals surface area (Å²) in [6.07, 6.45) is 3.96. The van der Waals surface area contributed by atoms with E-state index in [0.29, 0.717) is 0 Å². The van der Waals surface area contributed by atoms with Gasteiger partial charge in [-0.15, -0.1) is 0 Å². The highest BCUT2D eigenvalue weighted by molar-refractivity contribution is 5.82. The summed E-state index contributed by atoms with van der Waals surface area (Å²) < 4.78 is 0. The van der Waals surface area contributed by atoms with Crippen LogP contribution in [-0.4, -0.2) is 16.6 Å². The fourth-order valence-electron chi connectivity index (χ4n) is 1.18. The SMILES string of the molecule is [N-]=[N+]=NC1=CC=CC(N=[N+]=[N-])(C(=O)O)C1. The lowest BCUT2D eigenvalue weighted by molar-refractivity contribution is -0.141. The topological polar surface area (TPSA) is 135 Å². The van der Waals surface area contributed by atoms with Gasteiger partial charge < -0.3 is 5.11 Å². The van der Waals surface area contributed by atoms with Gasteiger partial charge in [-0.1, -0.05) is 28.5 Å². The molecule has 0 spiro atoms. The van der Waals surface area contributed by atoms with Gasteiger partial charge in [0.25, 0.3) is 0 Å². The Morgan fingerprint density at radius 2 is 2.27 bits per heavy atom. The molecule has 76 valence electrons. The Hall–Kier alpha value is -2.43. The van der Waals surface area contributed by atoms with Crippen LogP contribution in [0, 0.1) is 0 Å². The maximum Gasteiger partial charge on any atom is 0.319 e. The molecule has 15 heavy (non-hydrogen) atoms. The molecule has 0 saturated carbocycles. The Kier molecular flexibility index (Phi) is 2.97. The predicted molar refractivity (Wildman–Crippen MR) is 50.5 cm³/mol. The van der Waals surface area contributed by atoms with Crippen LogP contribution >= 0.6 is 0 Å². The normalized spacial score (nSPS) is 23.3. The molecule has 1 rings (SSSR count). The van der Waals surface area contributed by atoms with Crippen LogP contribution in [0.15, 0.2) is 34.2 Å². The van der Waals surface area contributed by atoms with Crippen LogP contribution in [0.2, 0.25) is 0 Å². The standard InChI is InChI=1S/C7H6N6O2/c8-12-10-5-2-1-3-7(4-5,6(14)15)11-13-9/h1-3H,4H2,(H,14,15). The van der Waals surface area contributed by atoms with Gasteiger partial charge in [0.2, 0.25) is 0 Å². The summed E-state index contributed by atoms with van der Waals surface area (Å²) in [5.74, 6) is -1.28. The molecule has 8 heteroatoms. The molecule has 0 amide bonds. The molecule has 1 aliphatic rings. The van der Waals surface area contributed by atoms with Gasteiger partial charge in [0, 0.05) is 21.9 Å². The lowest BCUT2D eigenvalue weighted by Crippen LogP contribution is -2.35. The Balaban J connectivity index is 3.12. The van der Waals surface area contributed by atoms with E-state index in [4.69, 9.17) is 16.2 Å². The lowest BCUT2D eigenvalue weighted by atomic mass is 9.90. The first-order valence-corrected chi connectivity index (χ1v) is 3.88. The van der Waals surface area contributed by atoms with E-state index in [2.05, 4.69) is 20.1 Å². The number of hydrogen-bond donors (Lipinski definition) is 1. The molecule has 8 nitrogen and oxygen atoms in total. The zero-order chi connectivity index (χ0) is 11.3. The highest BCUT2D eigenvalue weighted by Crippen LogP contribution is 2.28. The van der Waals surface area contributed by atoms with E-state index in [1.807, 2.05) is 0 Å². The summed E-state index contributed by atoms with van der Waals surface area (Å²) in [6, 6.07) is 0. The molecule has 0 bridgehead atoms. The highest BCUT2D eigenvalue weighted by Gasteiger charge is 2.37. The summed E-state index contributed by atoms with van der Waals surface area (Å²) in [5.41, 5.74) is 15.0. The van der Waals surface area contributed by atoms with Crippen LogP contribution in [0.3, 0.4) is 0 Å². The number of hydrogen-bond acceptors (Lipinski definition) is 3. The first kappa shape index (κ1) is 10.6. The Morgan fingerprint density at radius 1 is 1.53 bits per heavy atom. The second-order valence-corrected chi connectivity index (χ2v) is 2.80. The fourth-order valence-corrected chi connectivity index (χ4v) is 1.18. The van der Waals surface area contributed by atoms with Crippen LogP contribution in [0.4, 0.5) is 0 Å². The van der Waals surface area contributed by atoms with E-state index in [1.165, 1.54) is 18.2 Å². The number of aliphatic carboxylic acids is 1. The lowest BCUT2D eigenvalue weighted by Gasteiger charge is -2.22. The number of nitrogens with zero attached hydrogens (tertiary/aromatic N) is 6. The third kappa shape index (κ3) is 2.08. The Bertz CT molecular complexity index is 436. The van der Waals surface area contributed by atoms with Gasteiger partial charge in [-0.25, -0.2) is 0 Å². The minimum atomic E-state index is -1.69. The molecule has 0 saturated heterocycles. The summed E-state index contributed by atoms with van der Waals surface area (Å²) in [6.45, 7) is 0. The van der Waals surface area contributed by atoms with Gasteiger partial charge >= 0.3 is 5.97 Å². The van der Waals surface area contributed by atoms with Crippen molar-refractivity contribution in [1.29, 1.82) is 0 Å². The highest BCUT2D eigenvalue weighted by atomic mass is 16.4. The van der Waals surface area contributed by atoms with Gasteiger partial charge in [0.05, 0.1) is 0 Å². The summed E-state index contributed by atoms with van der Waals surface area (Å²) in [4.78, 5) is 16.0. The third-order valence-corrected chi connectivity index (χ3v) is 1.88. The number of azide groups is 2. The minimum absolute atomic E-state index is 0.146. The smallest absolute Gasteiger partial charge is 0.319 e. The molecular formula is C7H6N6O2. The van der Waals surface area contributed by atoms with E-state index in [1.54, 1.807) is 0 Å².